The molecule has 118 valence electrons. The molecule has 3 rings (SSSR count). The molecule has 1 heterocycles. The number of benzene rings is 2. The second-order valence-corrected chi connectivity index (χ2v) is 5.12. The maximum absolute atomic E-state index is 13.1. The van der Waals surface area contributed by atoms with E-state index in [0.29, 0.717) is 22.1 Å². The first-order valence-electron chi connectivity index (χ1n) is 6.80. The molecule has 23 heavy (non-hydrogen) atoms. The third-order valence-corrected chi connectivity index (χ3v) is 3.67. The van der Waals surface area contributed by atoms with Gasteiger partial charge in [-0.1, -0.05) is 0 Å². The highest BCUT2D eigenvalue weighted by molar-refractivity contribution is 7.71. The second-order valence-electron chi connectivity index (χ2n) is 4.73. The number of nitrogens with one attached hydrogen (secondary N) is 1. The number of aromatic nitrogens is 3. The normalized spacial score (nSPS) is 10.6. The zero-order valence-electron chi connectivity index (χ0n) is 12.5. The predicted molar refractivity (Wildman–Crippen MR) is 87.2 cm³/mol. The first kappa shape index (κ1) is 15.2. The summed E-state index contributed by atoms with van der Waals surface area (Å²) in [4.78, 5) is 0. The minimum absolute atomic E-state index is 0.309. The van der Waals surface area contributed by atoms with Crippen molar-refractivity contribution in [2.24, 2.45) is 0 Å². The molecule has 0 aliphatic heterocycles. The zero-order chi connectivity index (χ0) is 16.4. The van der Waals surface area contributed by atoms with Crippen LogP contribution in [0, 0.1) is 10.6 Å². The Bertz CT molecular complexity index is 887. The van der Waals surface area contributed by atoms with E-state index in [9.17, 15) is 4.39 Å². The molecule has 0 fully saturated rings. The van der Waals surface area contributed by atoms with Gasteiger partial charge < -0.3 is 9.47 Å². The first-order chi connectivity index (χ1) is 11.1. The van der Waals surface area contributed by atoms with Crippen LogP contribution in [-0.4, -0.2) is 29.0 Å². The van der Waals surface area contributed by atoms with Gasteiger partial charge in [-0.3, -0.25) is 9.67 Å². The van der Waals surface area contributed by atoms with Gasteiger partial charge in [0.2, 0.25) is 0 Å². The molecule has 0 amide bonds. The van der Waals surface area contributed by atoms with Crippen molar-refractivity contribution < 1.29 is 13.9 Å². The van der Waals surface area contributed by atoms with Crippen molar-refractivity contribution in [3.63, 3.8) is 0 Å². The highest BCUT2D eigenvalue weighted by Crippen LogP contribution is 2.32. The summed E-state index contributed by atoms with van der Waals surface area (Å²) in [7, 11) is 3.14. The third kappa shape index (κ3) is 2.83. The number of halogens is 1. The van der Waals surface area contributed by atoms with E-state index < -0.39 is 0 Å². The van der Waals surface area contributed by atoms with Crippen LogP contribution in [0.1, 0.15) is 0 Å². The largest absolute Gasteiger partial charge is 0.493 e. The van der Waals surface area contributed by atoms with Crippen molar-refractivity contribution in [2.45, 2.75) is 0 Å². The molecule has 0 atom stereocenters. The lowest BCUT2D eigenvalue weighted by atomic mass is 10.2. The summed E-state index contributed by atoms with van der Waals surface area (Å²) in [6, 6.07) is 11.5. The van der Waals surface area contributed by atoms with Crippen molar-refractivity contribution in [3.05, 3.63) is 53.1 Å². The van der Waals surface area contributed by atoms with E-state index in [1.54, 1.807) is 37.0 Å². The van der Waals surface area contributed by atoms with Gasteiger partial charge in [-0.15, -0.1) is 0 Å². The molecule has 2 aromatic carbocycles. The summed E-state index contributed by atoms with van der Waals surface area (Å²) in [5.41, 5.74) is 1.51. The molecule has 0 unspecified atom stereocenters. The van der Waals surface area contributed by atoms with Gasteiger partial charge in [0.1, 0.15) is 5.82 Å². The molecule has 0 saturated heterocycles. The number of aromatic amines is 1. The molecule has 0 aliphatic carbocycles. The molecular weight excluding hydrogens is 317 g/mol. The van der Waals surface area contributed by atoms with Gasteiger partial charge >= 0.3 is 0 Å². The zero-order valence-corrected chi connectivity index (χ0v) is 13.4. The van der Waals surface area contributed by atoms with E-state index in [2.05, 4.69) is 10.2 Å². The number of hydrogen-bond donors (Lipinski definition) is 1. The average molecular weight is 331 g/mol. The molecule has 5 nitrogen and oxygen atoms in total. The highest BCUT2D eigenvalue weighted by atomic mass is 32.1. The van der Waals surface area contributed by atoms with E-state index in [4.69, 9.17) is 21.7 Å². The number of ether oxygens (including phenoxy) is 2. The molecule has 0 saturated carbocycles. The van der Waals surface area contributed by atoms with Crippen molar-refractivity contribution in [2.75, 3.05) is 14.2 Å². The van der Waals surface area contributed by atoms with E-state index in [0.717, 1.165) is 11.3 Å². The van der Waals surface area contributed by atoms with Crippen LogP contribution in [0.15, 0.2) is 42.5 Å². The van der Waals surface area contributed by atoms with Crippen LogP contribution in [-0.2, 0) is 0 Å². The Morgan fingerprint density at radius 1 is 1.04 bits per heavy atom. The van der Waals surface area contributed by atoms with Gasteiger partial charge in [0.15, 0.2) is 22.1 Å². The lowest BCUT2D eigenvalue weighted by molar-refractivity contribution is 0.355. The smallest absolute Gasteiger partial charge is 0.200 e. The summed E-state index contributed by atoms with van der Waals surface area (Å²) >= 11 is 5.29. The van der Waals surface area contributed by atoms with E-state index in [1.165, 1.54) is 12.1 Å². The summed E-state index contributed by atoms with van der Waals surface area (Å²) in [5.74, 6) is 1.50. The van der Waals surface area contributed by atoms with Crippen LogP contribution >= 0.6 is 12.2 Å². The third-order valence-electron chi connectivity index (χ3n) is 3.40. The number of hydrogen-bond acceptors (Lipinski definition) is 4. The van der Waals surface area contributed by atoms with Crippen LogP contribution in [0.5, 0.6) is 11.5 Å². The van der Waals surface area contributed by atoms with Crippen LogP contribution in [0.25, 0.3) is 17.1 Å². The van der Waals surface area contributed by atoms with Crippen LogP contribution in [0.2, 0.25) is 0 Å². The Hall–Kier alpha value is -2.67. The summed E-state index contributed by atoms with van der Waals surface area (Å²) in [5, 5.41) is 7.04. The maximum Gasteiger partial charge on any atom is 0.200 e. The molecular formula is C16H14FN3O2S. The molecule has 0 radical (unpaired) electrons. The van der Waals surface area contributed by atoms with Crippen molar-refractivity contribution in [3.8, 4) is 28.6 Å². The fourth-order valence-corrected chi connectivity index (χ4v) is 2.53. The van der Waals surface area contributed by atoms with Gasteiger partial charge in [-0.25, -0.2) is 4.39 Å². The van der Waals surface area contributed by atoms with Gasteiger partial charge in [-0.2, -0.15) is 5.10 Å². The van der Waals surface area contributed by atoms with E-state index in [-0.39, 0.29) is 5.82 Å². The molecule has 0 aliphatic rings. The molecule has 7 heteroatoms. The van der Waals surface area contributed by atoms with Gasteiger partial charge in [0, 0.05) is 5.56 Å². The Kier molecular flexibility index (Phi) is 4.12. The standard InChI is InChI=1S/C16H14FN3O2S/c1-21-13-8-3-10(9-14(13)22-2)15-18-19-16(23)20(15)12-6-4-11(17)5-7-12/h3-9H,1-2H3,(H,19,23). The van der Waals surface area contributed by atoms with E-state index in [1.807, 2.05) is 12.1 Å². The SMILES string of the molecule is COc1ccc(-c2n[nH]c(=S)n2-c2ccc(F)cc2)cc1OC. The number of nitrogens with zero attached hydrogens (tertiary/aromatic N) is 2. The Morgan fingerprint density at radius 3 is 2.39 bits per heavy atom. The summed E-state index contributed by atoms with van der Waals surface area (Å²) in [6.07, 6.45) is 0. The second kappa shape index (κ2) is 6.21. The summed E-state index contributed by atoms with van der Waals surface area (Å²) < 4.78 is 25.9. The minimum Gasteiger partial charge on any atom is -0.493 e. The number of rotatable bonds is 4. The van der Waals surface area contributed by atoms with Crippen molar-refractivity contribution >= 4 is 12.2 Å². The minimum atomic E-state index is -0.309. The first-order valence-corrected chi connectivity index (χ1v) is 7.20. The molecule has 0 bridgehead atoms. The average Bonchev–Trinajstić information content (AvgIpc) is 2.96. The highest BCUT2D eigenvalue weighted by Gasteiger charge is 2.13. The quantitative estimate of drug-likeness (QED) is 0.740. The fraction of sp³-hybridized carbons (Fsp3) is 0.125. The van der Waals surface area contributed by atoms with Crippen LogP contribution in [0.4, 0.5) is 4.39 Å². The number of methoxy groups -OCH3 is 2. The Labute approximate surface area is 137 Å². The maximum atomic E-state index is 13.1. The predicted octanol–water partition coefficient (Wildman–Crippen LogP) is 3.75. The molecule has 1 N–H and O–H groups in total. The molecule has 0 spiro atoms. The van der Waals surface area contributed by atoms with Crippen molar-refractivity contribution in [1.29, 1.82) is 0 Å². The van der Waals surface area contributed by atoms with Gasteiger partial charge in [-0.05, 0) is 54.7 Å². The summed E-state index contributed by atoms with van der Waals surface area (Å²) in [6.45, 7) is 0. The van der Waals surface area contributed by atoms with Gasteiger partial charge in [0.05, 0.1) is 19.9 Å². The fourth-order valence-electron chi connectivity index (χ4n) is 2.30. The molecule has 1 aromatic heterocycles. The lowest BCUT2D eigenvalue weighted by Gasteiger charge is -2.10. The Balaban J connectivity index is 2.15. The monoisotopic (exact) mass is 331 g/mol. The van der Waals surface area contributed by atoms with Crippen molar-refractivity contribution in [1.82, 2.24) is 14.8 Å². The van der Waals surface area contributed by atoms with Crippen LogP contribution in [0.3, 0.4) is 0 Å². The topological polar surface area (TPSA) is 52.1 Å². The Morgan fingerprint density at radius 2 is 1.74 bits per heavy atom. The number of H-pyrrole nitrogens is 1. The van der Waals surface area contributed by atoms with E-state index >= 15 is 0 Å². The van der Waals surface area contributed by atoms with Crippen LogP contribution < -0.4 is 9.47 Å². The van der Waals surface area contributed by atoms with Gasteiger partial charge in [0.25, 0.3) is 0 Å². The molecule has 3 aromatic rings. The lowest BCUT2D eigenvalue weighted by Crippen LogP contribution is -1.98.